The lowest BCUT2D eigenvalue weighted by molar-refractivity contribution is -0.0503. The third kappa shape index (κ3) is 3.02. The lowest BCUT2D eigenvalue weighted by atomic mass is 10.1. The predicted octanol–water partition coefficient (Wildman–Crippen LogP) is 1.87. The maximum atomic E-state index is 12.6. The Hall–Kier alpha value is -1.76. The van der Waals surface area contributed by atoms with Crippen molar-refractivity contribution in [2.75, 3.05) is 26.2 Å². The molecule has 0 unspecified atom stereocenters. The predicted molar refractivity (Wildman–Crippen MR) is 88.4 cm³/mol. The second kappa shape index (κ2) is 6.39. The Labute approximate surface area is 139 Å². The van der Waals surface area contributed by atoms with Gasteiger partial charge in [-0.1, -0.05) is 6.07 Å². The van der Waals surface area contributed by atoms with Gasteiger partial charge in [-0.15, -0.1) is 11.3 Å². The Morgan fingerprint density at radius 2 is 2.17 bits per heavy atom. The highest BCUT2D eigenvalue weighted by Gasteiger charge is 2.41. The zero-order valence-corrected chi connectivity index (χ0v) is 13.6. The molecule has 2 aromatic rings. The van der Waals surface area contributed by atoms with E-state index in [4.69, 9.17) is 4.74 Å². The van der Waals surface area contributed by atoms with Crippen LogP contribution >= 0.6 is 11.3 Å². The number of pyridine rings is 1. The van der Waals surface area contributed by atoms with Crippen LogP contribution in [-0.4, -0.2) is 59.1 Å². The van der Waals surface area contributed by atoms with Gasteiger partial charge in [0, 0.05) is 38.6 Å². The van der Waals surface area contributed by atoms with Crippen molar-refractivity contribution in [2.24, 2.45) is 0 Å². The Balaban J connectivity index is 1.47. The third-order valence-corrected chi connectivity index (χ3v) is 5.43. The molecule has 0 bridgehead atoms. The molecule has 0 saturated carbocycles. The summed E-state index contributed by atoms with van der Waals surface area (Å²) in [6.45, 7) is 3.95. The van der Waals surface area contributed by atoms with E-state index in [2.05, 4.69) is 9.88 Å². The SMILES string of the molecule is O=C(c1cccs1)N1C[C@@H]2[C@@H](C1)OCCN2Cc1ccncc1. The molecule has 2 aromatic heterocycles. The first-order valence-electron chi connectivity index (χ1n) is 7.88. The van der Waals surface area contributed by atoms with Crippen molar-refractivity contribution in [3.8, 4) is 0 Å². The van der Waals surface area contributed by atoms with Gasteiger partial charge in [0.15, 0.2) is 0 Å². The Bertz CT molecular complexity index is 662. The van der Waals surface area contributed by atoms with Crippen LogP contribution in [0.2, 0.25) is 0 Å². The van der Waals surface area contributed by atoms with Crippen LogP contribution < -0.4 is 0 Å². The molecular formula is C17H19N3O2S. The lowest BCUT2D eigenvalue weighted by Crippen LogP contribution is -2.50. The summed E-state index contributed by atoms with van der Waals surface area (Å²) in [4.78, 5) is 21.8. The van der Waals surface area contributed by atoms with E-state index in [0.717, 1.165) is 31.1 Å². The number of thiophene rings is 1. The van der Waals surface area contributed by atoms with Gasteiger partial charge in [0.1, 0.15) is 0 Å². The average Bonchev–Trinajstić information content (AvgIpc) is 3.25. The molecule has 6 heteroatoms. The van der Waals surface area contributed by atoms with Crippen LogP contribution in [-0.2, 0) is 11.3 Å². The summed E-state index contributed by atoms with van der Waals surface area (Å²) in [5, 5.41) is 1.95. The molecule has 120 valence electrons. The smallest absolute Gasteiger partial charge is 0.264 e. The quantitative estimate of drug-likeness (QED) is 0.862. The topological polar surface area (TPSA) is 45.7 Å². The van der Waals surface area contributed by atoms with Gasteiger partial charge in [0.05, 0.1) is 23.6 Å². The molecule has 4 heterocycles. The third-order valence-electron chi connectivity index (χ3n) is 4.57. The van der Waals surface area contributed by atoms with Crippen molar-refractivity contribution in [1.82, 2.24) is 14.8 Å². The molecule has 2 aliphatic heterocycles. The zero-order chi connectivity index (χ0) is 15.6. The number of ether oxygens (including phenoxy) is 1. The maximum absolute atomic E-state index is 12.6. The summed E-state index contributed by atoms with van der Waals surface area (Å²) in [6.07, 6.45) is 3.78. The fourth-order valence-electron chi connectivity index (χ4n) is 3.40. The van der Waals surface area contributed by atoms with E-state index in [0.29, 0.717) is 6.54 Å². The zero-order valence-electron chi connectivity index (χ0n) is 12.8. The number of aromatic nitrogens is 1. The van der Waals surface area contributed by atoms with Crippen LogP contribution in [0.15, 0.2) is 42.0 Å². The molecule has 23 heavy (non-hydrogen) atoms. The first-order valence-corrected chi connectivity index (χ1v) is 8.76. The van der Waals surface area contributed by atoms with Crippen molar-refractivity contribution in [3.63, 3.8) is 0 Å². The van der Waals surface area contributed by atoms with E-state index in [1.807, 2.05) is 46.9 Å². The van der Waals surface area contributed by atoms with Crippen LogP contribution in [0.3, 0.4) is 0 Å². The molecule has 0 aromatic carbocycles. The fourth-order valence-corrected chi connectivity index (χ4v) is 4.09. The van der Waals surface area contributed by atoms with Crippen LogP contribution in [0.4, 0.5) is 0 Å². The number of carbonyl (C=O) groups is 1. The van der Waals surface area contributed by atoms with E-state index < -0.39 is 0 Å². The molecule has 5 nitrogen and oxygen atoms in total. The van der Waals surface area contributed by atoms with Crippen molar-refractivity contribution < 1.29 is 9.53 Å². The highest BCUT2D eigenvalue weighted by molar-refractivity contribution is 7.12. The minimum atomic E-state index is 0.120. The normalized spacial score (nSPS) is 24.6. The summed E-state index contributed by atoms with van der Waals surface area (Å²) < 4.78 is 5.92. The first-order chi connectivity index (χ1) is 11.3. The van der Waals surface area contributed by atoms with Crippen molar-refractivity contribution in [2.45, 2.75) is 18.7 Å². The number of likely N-dealkylation sites (tertiary alicyclic amines) is 1. The second-order valence-electron chi connectivity index (χ2n) is 5.99. The number of nitrogens with zero attached hydrogens (tertiary/aromatic N) is 3. The van der Waals surface area contributed by atoms with E-state index in [-0.39, 0.29) is 18.1 Å². The highest BCUT2D eigenvalue weighted by atomic mass is 32.1. The number of fused-ring (bicyclic) bond motifs is 1. The molecule has 2 aliphatic rings. The maximum Gasteiger partial charge on any atom is 0.264 e. The number of hydrogen-bond acceptors (Lipinski definition) is 5. The van der Waals surface area contributed by atoms with Crippen LogP contribution in [0, 0.1) is 0 Å². The summed E-state index contributed by atoms with van der Waals surface area (Å²) in [6, 6.07) is 8.20. The first kappa shape index (κ1) is 14.8. The summed E-state index contributed by atoms with van der Waals surface area (Å²) >= 11 is 1.50. The van der Waals surface area contributed by atoms with E-state index >= 15 is 0 Å². The number of rotatable bonds is 3. The Morgan fingerprint density at radius 3 is 2.96 bits per heavy atom. The number of hydrogen-bond donors (Lipinski definition) is 0. The van der Waals surface area contributed by atoms with Gasteiger partial charge in [-0.25, -0.2) is 0 Å². The molecule has 0 aliphatic carbocycles. The van der Waals surface area contributed by atoms with Crippen molar-refractivity contribution in [1.29, 1.82) is 0 Å². The number of amides is 1. The van der Waals surface area contributed by atoms with E-state index in [1.54, 1.807) is 0 Å². The second-order valence-corrected chi connectivity index (χ2v) is 6.94. The van der Waals surface area contributed by atoms with E-state index in [1.165, 1.54) is 16.9 Å². The number of carbonyl (C=O) groups excluding carboxylic acids is 1. The lowest BCUT2D eigenvalue weighted by Gasteiger charge is -2.36. The Morgan fingerprint density at radius 1 is 1.30 bits per heavy atom. The number of morpholine rings is 1. The molecular weight excluding hydrogens is 310 g/mol. The standard InChI is InChI=1S/C17H19N3O2S/c21-17(16-2-1-9-23-16)20-11-14-15(12-20)22-8-7-19(14)10-13-3-5-18-6-4-13/h1-6,9,14-15H,7-8,10-12H2/t14-,15-/m1/s1. The summed E-state index contributed by atoms with van der Waals surface area (Å²) in [5.41, 5.74) is 1.25. The minimum absolute atomic E-state index is 0.120. The molecule has 2 atom stereocenters. The van der Waals surface area contributed by atoms with E-state index in [9.17, 15) is 4.79 Å². The summed E-state index contributed by atoms with van der Waals surface area (Å²) in [5.74, 6) is 0.127. The molecule has 0 radical (unpaired) electrons. The average molecular weight is 329 g/mol. The molecule has 4 rings (SSSR count). The van der Waals surface area contributed by atoms with Gasteiger partial charge in [0.2, 0.25) is 0 Å². The molecule has 2 saturated heterocycles. The van der Waals surface area contributed by atoms with Gasteiger partial charge < -0.3 is 9.64 Å². The Kier molecular flexibility index (Phi) is 4.11. The highest BCUT2D eigenvalue weighted by Crippen LogP contribution is 2.26. The largest absolute Gasteiger partial charge is 0.373 e. The van der Waals surface area contributed by atoms with Gasteiger partial charge in [-0.05, 0) is 29.1 Å². The molecule has 0 spiro atoms. The molecule has 1 amide bonds. The van der Waals surface area contributed by atoms with Gasteiger partial charge in [0.25, 0.3) is 5.91 Å². The molecule has 0 N–H and O–H groups in total. The minimum Gasteiger partial charge on any atom is -0.373 e. The monoisotopic (exact) mass is 329 g/mol. The van der Waals surface area contributed by atoms with Crippen LogP contribution in [0.25, 0.3) is 0 Å². The van der Waals surface area contributed by atoms with Crippen molar-refractivity contribution >= 4 is 17.2 Å². The van der Waals surface area contributed by atoms with Crippen LogP contribution in [0.1, 0.15) is 15.2 Å². The molecule has 2 fully saturated rings. The fraction of sp³-hybridized carbons (Fsp3) is 0.412. The van der Waals surface area contributed by atoms with Crippen LogP contribution in [0.5, 0.6) is 0 Å². The van der Waals surface area contributed by atoms with Gasteiger partial charge in [-0.2, -0.15) is 0 Å². The van der Waals surface area contributed by atoms with Gasteiger partial charge >= 0.3 is 0 Å². The van der Waals surface area contributed by atoms with Crippen molar-refractivity contribution in [3.05, 3.63) is 52.5 Å². The van der Waals surface area contributed by atoms with Gasteiger partial charge in [-0.3, -0.25) is 14.7 Å². The summed E-state index contributed by atoms with van der Waals surface area (Å²) in [7, 11) is 0.